The molecular formula is C11H19F2N3O. The average Bonchev–Trinajstić information content (AvgIpc) is 2.66. The lowest BCUT2D eigenvalue weighted by Crippen LogP contribution is -2.35. The maximum Gasteiger partial charge on any atom is 0.282 e. The van der Waals surface area contributed by atoms with Crippen LogP contribution < -0.4 is 5.32 Å². The van der Waals surface area contributed by atoms with E-state index in [2.05, 4.69) is 10.4 Å². The molecule has 0 amide bonds. The third-order valence-corrected chi connectivity index (χ3v) is 2.27. The Morgan fingerprint density at radius 3 is 2.53 bits per heavy atom. The topological polar surface area (TPSA) is 50.1 Å². The van der Waals surface area contributed by atoms with Crippen LogP contribution in [-0.2, 0) is 12.1 Å². The van der Waals surface area contributed by atoms with Crippen LogP contribution >= 0.6 is 0 Å². The van der Waals surface area contributed by atoms with Crippen molar-refractivity contribution in [3.05, 3.63) is 18.0 Å². The number of aromatic nitrogens is 2. The Morgan fingerprint density at radius 2 is 2.06 bits per heavy atom. The van der Waals surface area contributed by atoms with Crippen molar-refractivity contribution in [3.8, 4) is 0 Å². The van der Waals surface area contributed by atoms with Gasteiger partial charge in [0, 0.05) is 18.3 Å². The molecule has 0 radical (unpaired) electrons. The molecule has 0 unspecified atom stereocenters. The van der Waals surface area contributed by atoms with Crippen molar-refractivity contribution in [1.82, 2.24) is 15.1 Å². The van der Waals surface area contributed by atoms with Gasteiger partial charge in [-0.1, -0.05) is 0 Å². The Hall–Kier alpha value is -1.01. The molecule has 0 aliphatic rings. The normalized spacial score (nSPS) is 13.1. The molecule has 1 heterocycles. The first kappa shape index (κ1) is 14.1. The van der Waals surface area contributed by atoms with E-state index in [1.54, 1.807) is 10.9 Å². The second-order valence-corrected chi connectivity index (χ2v) is 5.08. The number of aliphatic hydroxyl groups is 1. The van der Waals surface area contributed by atoms with Crippen molar-refractivity contribution in [1.29, 1.82) is 0 Å². The molecule has 0 aliphatic carbocycles. The largest absolute Gasteiger partial charge is 0.390 e. The van der Waals surface area contributed by atoms with Gasteiger partial charge in [-0.3, -0.25) is 4.68 Å². The standard InChI is InChI=1S/C11H19F2N3O/c1-10(2,3)16-6-9(5-15-16)4-14-7-11(12,13)8-17/h5-6,14,17H,4,7-8H2,1-3H3. The van der Waals surface area contributed by atoms with Gasteiger partial charge in [0.15, 0.2) is 0 Å². The van der Waals surface area contributed by atoms with Gasteiger partial charge in [0.1, 0.15) is 6.61 Å². The number of nitrogens with one attached hydrogen (secondary N) is 1. The fourth-order valence-electron chi connectivity index (χ4n) is 1.26. The van der Waals surface area contributed by atoms with Crippen LogP contribution in [-0.4, -0.2) is 34.0 Å². The van der Waals surface area contributed by atoms with Crippen LogP contribution in [0, 0.1) is 0 Å². The number of hydrogen-bond donors (Lipinski definition) is 2. The maximum absolute atomic E-state index is 12.7. The maximum atomic E-state index is 12.7. The van der Waals surface area contributed by atoms with Crippen molar-refractivity contribution in [2.24, 2.45) is 0 Å². The van der Waals surface area contributed by atoms with Crippen LogP contribution in [0.1, 0.15) is 26.3 Å². The summed E-state index contributed by atoms with van der Waals surface area (Å²) in [7, 11) is 0. The van der Waals surface area contributed by atoms with E-state index >= 15 is 0 Å². The van der Waals surface area contributed by atoms with Crippen molar-refractivity contribution in [3.63, 3.8) is 0 Å². The highest BCUT2D eigenvalue weighted by molar-refractivity contribution is 5.04. The number of rotatable bonds is 5. The molecule has 0 aliphatic heterocycles. The van der Waals surface area contributed by atoms with Crippen molar-refractivity contribution >= 4 is 0 Å². The van der Waals surface area contributed by atoms with Crippen LogP contribution in [0.5, 0.6) is 0 Å². The molecule has 0 saturated heterocycles. The Kier molecular flexibility index (Phi) is 4.21. The van der Waals surface area contributed by atoms with E-state index in [-0.39, 0.29) is 5.54 Å². The van der Waals surface area contributed by atoms with Gasteiger partial charge >= 0.3 is 0 Å². The molecule has 0 spiro atoms. The van der Waals surface area contributed by atoms with Gasteiger partial charge in [-0.2, -0.15) is 5.10 Å². The number of alkyl halides is 2. The molecule has 6 heteroatoms. The van der Waals surface area contributed by atoms with Crippen molar-refractivity contribution in [2.45, 2.75) is 38.8 Å². The van der Waals surface area contributed by atoms with E-state index in [1.807, 2.05) is 27.0 Å². The fraction of sp³-hybridized carbons (Fsp3) is 0.727. The molecule has 0 fully saturated rings. The lowest BCUT2D eigenvalue weighted by Gasteiger charge is -2.18. The minimum Gasteiger partial charge on any atom is -0.390 e. The van der Waals surface area contributed by atoms with Crippen LogP contribution in [0.15, 0.2) is 12.4 Å². The zero-order valence-electron chi connectivity index (χ0n) is 10.4. The third-order valence-electron chi connectivity index (χ3n) is 2.27. The fourth-order valence-corrected chi connectivity index (χ4v) is 1.26. The molecule has 0 atom stereocenters. The quantitative estimate of drug-likeness (QED) is 0.826. The minimum atomic E-state index is -3.07. The van der Waals surface area contributed by atoms with E-state index < -0.39 is 19.1 Å². The molecule has 0 saturated carbocycles. The molecular weight excluding hydrogens is 228 g/mol. The summed E-state index contributed by atoms with van der Waals surface area (Å²) in [6.45, 7) is 4.67. The molecule has 0 bridgehead atoms. The highest BCUT2D eigenvalue weighted by Gasteiger charge is 2.26. The molecule has 17 heavy (non-hydrogen) atoms. The van der Waals surface area contributed by atoms with Crippen molar-refractivity contribution in [2.75, 3.05) is 13.2 Å². The lowest BCUT2D eigenvalue weighted by atomic mass is 10.1. The Morgan fingerprint density at radius 1 is 1.41 bits per heavy atom. The number of nitrogens with zero attached hydrogens (tertiary/aromatic N) is 2. The zero-order valence-corrected chi connectivity index (χ0v) is 10.4. The first-order chi connectivity index (χ1) is 7.74. The van der Waals surface area contributed by atoms with Gasteiger partial charge in [0.05, 0.1) is 18.3 Å². The van der Waals surface area contributed by atoms with E-state index in [4.69, 9.17) is 5.11 Å². The highest BCUT2D eigenvalue weighted by atomic mass is 19.3. The van der Waals surface area contributed by atoms with Gasteiger partial charge in [0.25, 0.3) is 5.92 Å². The number of hydrogen-bond acceptors (Lipinski definition) is 3. The van der Waals surface area contributed by atoms with E-state index in [0.29, 0.717) is 6.54 Å². The second kappa shape index (κ2) is 5.10. The van der Waals surface area contributed by atoms with Gasteiger partial charge in [-0.05, 0) is 20.8 Å². The average molecular weight is 247 g/mol. The summed E-state index contributed by atoms with van der Waals surface area (Å²) in [5.74, 6) is -3.07. The molecule has 1 aromatic heterocycles. The SMILES string of the molecule is CC(C)(C)n1cc(CNCC(F)(F)CO)cn1. The van der Waals surface area contributed by atoms with Gasteiger partial charge in [-0.15, -0.1) is 0 Å². The van der Waals surface area contributed by atoms with Gasteiger partial charge in [-0.25, -0.2) is 8.78 Å². The summed E-state index contributed by atoms with van der Waals surface area (Å²) in [5, 5.41) is 15.2. The number of aliphatic hydroxyl groups excluding tert-OH is 1. The highest BCUT2D eigenvalue weighted by Crippen LogP contribution is 2.14. The lowest BCUT2D eigenvalue weighted by molar-refractivity contribution is -0.0477. The van der Waals surface area contributed by atoms with Crippen LogP contribution in [0.4, 0.5) is 8.78 Å². The number of halogens is 2. The molecule has 1 rings (SSSR count). The zero-order chi connectivity index (χ0) is 13.1. The summed E-state index contributed by atoms with van der Waals surface area (Å²) in [6, 6.07) is 0. The molecule has 98 valence electrons. The van der Waals surface area contributed by atoms with Crippen LogP contribution in [0.2, 0.25) is 0 Å². The first-order valence-electron chi connectivity index (χ1n) is 5.48. The Balaban J connectivity index is 2.46. The summed E-state index contributed by atoms with van der Waals surface area (Å²) < 4.78 is 27.2. The molecule has 0 aromatic carbocycles. The van der Waals surface area contributed by atoms with Crippen LogP contribution in [0.25, 0.3) is 0 Å². The van der Waals surface area contributed by atoms with Crippen molar-refractivity contribution < 1.29 is 13.9 Å². The summed E-state index contributed by atoms with van der Waals surface area (Å²) in [4.78, 5) is 0. The van der Waals surface area contributed by atoms with E-state index in [0.717, 1.165) is 5.56 Å². The van der Waals surface area contributed by atoms with E-state index in [9.17, 15) is 8.78 Å². The molecule has 4 nitrogen and oxygen atoms in total. The predicted octanol–water partition coefficient (Wildman–Crippen LogP) is 1.36. The Bertz CT molecular complexity index is 358. The Labute approximate surface area is 99.6 Å². The first-order valence-corrected chi connectivity index (χ1v) is 5.48. The minimum absolute atomic E-state index is 0.118. The van der Waals surface area contributed by atoms with E-state index in [1.165, 1.54) is 0 Å². The van der Waals surface area contributed by atoms with Crippen LogP contribution in [0.3, 0.4) is 0 Å². The molecule has 2 N–H and O–H groups in total. The summed E-state index contributed by atoms with van der Waals surface area (Å²) >= 11 is 0. The van der Waals surface area contributed by atoms with Gasteiger partial charge < -0.3 is 10.4 Å². The monoisotopic (exact) mass is 247 g/mol. The smallest absolute Gasteiger partial charge is 0.282 e. The summed E-state index contributed by atoms with van der Waals surface area (Å²) in [6.07, 6.45) is 3.47. The van der Waals surface area contributed by atoms with Gasteiger partial charge in [0.2, 0.25) is 0 Å². The third kappa shape index (κ3) is 4.40. The summed E-state index contributed by atoms with van der Waals surface area (Å²) in [5.41, 5.74) is 0.724. The predicted molar refractivity (Wildman–Crippen MR) is 61.0 cm³/mol. The molecule has 1 aromatic rings. The second-order valence-electron chi connectivity index (χ2n) is 5.08.